The third kappa shape index (κ3) is 3.43. The van der Waals surface area contributed by atoms with Crippen molar-refractivity contribution in [2.24, 2.45) is 10.9 Å². The van der Waals surface area contributed by atoms with Crippen molar-refractivity contribution in [3.8, 4) is 0 Å². The van der Waals surface area contributed by atoms with Crippen LogP contribution in [-0.4, -0.2) is 24.1 Å². The minimum Gasteiger partial charge on any atom is -0.276 e. The minimum absolute atomic E-state index is 0.217. The molecule has 0 aromatic heterocycles. The zero-order valence-corrected chi connectivity index (χ0v) is 14.8. The number of anilines is 1. The van der Waals surface area contributed by atoms with Crippen molar-refractivity contribution in [3.63, 3.8) is 0 Å². The van der Waals surface area contributed by atoms with E-state index in [9.17, 15) is 18.8 Å². The third-order valence-corrected chi connectivity index (χ3v) is 4.42. The van der Waals surface area contributed by atoms with Crippen molar-refractivity contribution in [1.29, 1.82) is 0 Å². The summed E-state index contributed by atoms with van der Waals surface area (Å²) >= 11 is 2.07. The lowest BCUT2D eigenvalue weighted by molar-refractivity contribution is -0.131. The monoisotopic (exact) mass is 451 g/mol. The number of carbonyl (C=O) groups excluding carboxylic acids is 3. The van der Waals surface area contributed by atoms with Crippen LogP contribution in [-0.2, 0) is 9.59 Å². The fraction of sp³-hybridized carbons (Fsp3) is 0.0588. The van der Waals surface area contributed by atoms with Crippen LogP contribution in [0.2, 0.25) is 0 Å². The number of aliphatic imine (C=N–C) groups is 1. The summed E-state index contributed by atoms with van der Waals surface area (Å²) in [6.07, 6.45) is 1.16. The molecule has 8 heteroatoms. The number of hydrogen-bond donors (Lipinski definition) is 1. The molecule has 1 aliphatic rings. The maximum atomic E-state index is 14.0. The molecule has 0 bridgehead atoms. The summed E-state index contributed by atoms with van der Waals surface area (Å²) in [6.45, 7) is 0. The summed E-state index contributed by atoms with van der Waals surface area (Å²) in [5, 5.41) is 2.05. The van der Waals surface area contributed by atoms with Gasteiger partial charge in [0, 0.05) is 9.78 Å². The van der Waals surface area contributed by atoms with E-state index in [2.05, 4.69) is 32.9 Å². The normalized spacial score (nSPS) is 17.9. The first-order valence-electron chi connectivity index (χ1n) is 7.21. The zero-order valence-electron chi connectivity index (χ0n) is 12.6. The van der Waals surface area contributed by atoms with Crippen molar-refractivity contribution < 1.29 is 18.8 Å². The van der Waals surface area contributed by atoms with E-state index in [1.165, 1.54) is 18.2 Å². The van der Waals surface area contributed by atoms with Gasteiger partial charge >= 0.3 is 6.03 Å². The van der Waals surface area contributed by atoms with Gasteiger partial charge in [-0.3, -0.25) is 19.9 Å². The highest BCUT2D eigenvalue weighted by Gasteiger charge is 2.41. The van der Waals surface area contributed by atoms with Crippen LogP contribution >= 0.6 is 22.6 Å². The third-order valence-electron chi connectivity index (χ3n) is 3.51. The van der Waals surface area contributed by atoms with Crippen LogP contribution in [0.25, 0.3) is 0 Å². The molecule has 0 unspecified atom stereocenters. The first-order valence-corrected chi connectivity index (χ1v) is 8.29. The molecule has 1 N–H and O–H groups in total. The van der Waals surface area contributed by atoms with Gasteiger partial charge in [-0.25, -0.2) is 14.1 Å². The topological polar surface area (TPSA) is 78.8 Å². The summed E-state index contributed by atoms with van der Waals surface area (Å²) in [7, 11) is 0. The number of nitrogens with one attached hydrogen (secondary N) is 1. The predicted molar refractivity (Wildman–Crippen MR) is 98.2 cm³/mol. The van der Waals surface area contributed by atoms with Gasteiger partial charge < -0.3 is 0 Å². The van der Waals surface area contributed by atoms with E-state index in [1.807, 2.05) is 12.1 Å². The van der Waals surface area contributed by atoms with Gasteiger partial charge in [0.25, 0.3) is 5.91 Å². The molecule has 6 nitrogen and oxygen atoms in total. The van der Waals surface area contributed by atoms with Crippen molar-refractivity contribution >= 4 is 58.0 Å². The summed E-state index contributed by atoms with van der Waals surface area (Å²) in [5.41, 5.74) is 0.364. The van der Waals surface area contributed by atoms with Crippen molar-refractivity contribution in [1.82, 2.24) is 5.32 Å². The Hall–Kier alpha value is -2.62. The van der Waals surface area contributed by atoms with Gasteiger partial charge in [0.1, 0.15) is 5.82 Å². The molecule has 4 amide bonds. The Bertz CT molecular complexity index is 900. The van der Waals surface area contributed by atoms with Crippen LogP contribution in [0.3, 0.4) is 0 Å². The Balaban J connectivity index is 1.94. The molecule has 126 valence electrons. The minimum atomic E-state index is -1.33. The lowest BCUT2D eigenvalue weighted by atomic mass is 10.1. The fourth-order valence-electron chi connectivity index (χ4n) is 2.29. The second-order valence-electron chi connectivity index (χ2n) is 5.13. The molecule has 0 radical (unpaired) electrons. The highest BCUT2D eigenvalue weighted by molar-refractivity contribution is 14.1. The van der Waals surface area contributed by atoms with Gasteiger partial charge in [-0.15, -0.1) is 0 Å². The number of imide groups is 2. The van der Waals surface area contributed by atoms with Crippen molar-refractivity contribution in [2.45, 2.75) is 0 Å². The molecular weight excluding hydrogens is 440 g/mol. The van der Waals surface area contributed by atoms with Gasteiger partial charge in [-0.1, -0.05) is 24.3 Å². The Morgan fingerprint density at radius 2 is 1.76 bits per heavy atom. The highest BCUT2D eigenvalue weighted by Crippen LogP contribution is 2.24. The standard InChI is InChI=1S/C17H11FIN3O3/c18-11-5-1-4-8-14(11)22-16(24)10(15(23)21-17(22)25)9-20-13-7-3-2-6-12(13)19/h1-10H,(H,21,23,25)/t10-/m0/s1. The molecule has 1 saturated heterocycles. The number of hydrogen-bond acceptors (Lipinski definition) is 4. The molecular formula is C17H11FIN3O3. The molecule has 0 aliphatic carbocycles. The van der Waals surface area contributed by atoms with E-state index >= 15 is 0 Å². The lowest BCUT2D eigenvalue weighted by Gasteiger charge is -2.28. The van der Waals surface area contributed by atoms with Crippen LogP contribution in [0, 0.1) is 15.3 Å². The van der Waals surface area contributed by atoms with E-state index in [1.54, 1.807) is 12.1 Å². The van der Waals surface area contributed by atoms with Crippen molar-refractivity contribution in [3.05, 3.63) is 57.9 Å². The predicted octanol–water partition coefficient (Wildman–Crippen LogP) is 3.03. The molecule has 1 atom stereocenters. The van der Waals surface area contributed by atoms with Gasteiger partial charge in [0.15, 0.2) is 5.92 Å². The summed E-state index contributed by atoms with van der Waals surface area (Å²) < 4.78 is 14.8. The van der Waals surface area contributed by atoms with Crippen LogP contribution in [0.1, 0.15) is 0 Å². The van der Waals surface area contributed by atoms with E-state index in [0.29, 0.717) is 10.6 Å². The molecule has 2 aromatic carbocycles. The maximum Gasteiger partial charge on any atom is 0.335 e. The quantitative estimate of drug-likeness (QED) is 0.443. The summed E-state index contributed by atoms with van der Waals surface area (Å²) in [5.74, 6) is -3.72. The average molecular weight is 451 g/mol. The van der Waals surface area contributed by atoms with Crippen molar-refractivity contribution in [2.75, 3.05) is 4.90 Å². The Kier molecular flexibility index (Phi) is 4.88. The average Bonchev–Trinajstić information content (AvgIpc) is 2.57. The second-order valence-corrected chi connectivity index (χ2v) is 6.29. The zero-order chi connectivity index (χ0) is 18.0. The molecule has 25 heavy (non-hydrogen) atoms. The fourth-order valence-corrected chi connectivity index (χ4v) is 2.82. The highest BCUT2D eigenvalue weighted by atomic mass is 127. The van der Waals surface area contributed by atoms with Crippen LogP contribution in [0.4, 0.5) is 20.6 Å². The molecule has 1 heterocycles. The van der Waals surface area contributed by atoms with Gasteiger partial charge in [0.05, 0.1) is 11.4 Å². The summed E-state index contributed by atoms with van der Waals surface area (Å²) in [4.78, 5) is 41.4. The number of halogens is 2. The van der Waals surface area contributed by atoms with Crippen LogP contribution in [0.15, 0.2) is 53.5 Å². The molecule has 1 fully saturated rings. The number of nitrogens with zero attached hydrogens (tertiary/aromatic N) is 2. The van der Waals surface area contributed by atoms with Crippen LogP contribution in [0.5, 0.6) is 0 Å². The SMILES string of the molecule is O=C1NC(=O)N(c2ccccc2F)C(=O)[C@H]1C=Nc1ccccc1I. The second kappa shape index (κ2) is 7.09. The maximum absolute atomic E-state index is 14.0. The number of carbonyl (C=O) groups is 3. The van der Waals surface area contributed by atoms with E-state index in [4.69, 9.17) is 0 Å². The number of amides is 4. The Morgan fingerprint density at radius 3 is 2.48 bits per heavy atom. The molecule has 0 spiro atoms. The van der Waals surface area contributed by atoms with Gasteiger partial charge in [0.2, 0.25) is 5.91 Å². The Labute approximate surface area is 155 Å². The lowest BCUT2D eigenvalue weighted by Crippen LogP contribution is -2.58. The largest absolute Gasteiger partial charge is 0.335 e. The van der Waals surface area contributed by atoms with Crippen LogP contribution < -0.4 is 10.2 Å². The first kappa shape index (κ1) is 17.2. The number of rotatable bonds is 3. The number of benzene rings is 2. The van der Waals surface area contributed by atoms with E-state index < -0.39 is 29.6 Å². The van der Waals surface area contributed by atoms with E-state index in [-0.39, 0.29) is 5.69 Å². The molecule has 2 aromatic rings. The summed E-state index contributed by atoms with van der Waals surface area (Å²) in [6, 6.07) is 11.5. The molecule has 1 aliphatic heterocycles. The number of urea groups is 1. The smallest absolute Gasteiger partial charge is 0.276 e. The number of para-hydroxylation sites is 2. The van der Waals surface area contributed by atoms with Gasteiger partial charge in [-0.05, 0) is 46.9 Å². The van der Waals surface area contributed by atoms with Gasteiger partial charge in [-0.2, -0.15) is 0 Å². The molecule has 0 saturated carbocycles. The number of barbiturate groups is 1. The molecule has 3 rings (SSSR count). The van der Waals surface area contributed by atoms with E-state index in [0.717, 1.165) is 15.9 Å². The first-order chi connectivity index (χ1) is 12.0. The Morgan fingerprint density at radius 1 is 1.08 bits per heavy atom.